The lowest BCUT2D eigenvalue weighted by atomic mass is 10.2. The van der Waals surface area contributed by atoms with Crippen LogP contribution in [-0.4, -0.2) is 31.6 Å². The smallest absolute Gasteiger partial charge is 0.265 e. The second-order valence-corrected chi connectivity index (χ2v) is 4.79. The summed E-state index contributed by atoms with van der Waals surface area (Å²) in [6.07, 6.45) is 2.50. The molecular formula is C13H17N3O2. The monoisotopic (exact) mass is 247 g/mol. The molecular weight excluding hydrogens is 230 g/mol. The molecule has 1 amide bonds. The highest BCUT2D eigenvalue weighted by atomic mass is 16.5. The van der Waals surface area contributed by atoms with E-state index in [9.17, 15) is 4.79 Å². The molecule has 96 valence electrons. The van der Waals surface area contributed by atoms with Gasteiger partial charge in [0.05, 0.1) is 5.69 Å². The van der Waals surface area contributed by atoms with Gasteiger partial charge in [-0.15, -0.1) is 0 Å². The van der Waals surface area contributed by atoms with Crippen LogP contribution in [0.2, 0.25) is 0 Å². The third kappa shape index (κ3) is 2.26. The van der Waals surface area contributed by atoms with Crippen LogP contribution < -0.4 is 20.7 Å². The first-order valence-corrected chi connectivity index (χ1v) is 6.30. The highest BCUT2D eigenvalue weighted by Gasteiger charge is 2.26. The molecule has 1 aliphatic heterocycles. The number of hydrogen-bond acceptors (Lipinski definition) is 4. The normalized spacial score (nSPS) is 18.4. The van der Waals surface area contributed by atoms with Gasteiger partial charge in [-0.2, -0.15) is 0 Å². The summed E-state index contributed by atoms with van der Waals surface area (Å²) in [5.41, 5.74) is 7.19. The molecule has 1 aromatic carbocycles. The molecule has 0 unspecified atom stereocenters. The third-order valence-electron chi connectivity index (χ3n) is 3.27. The average Bonchev–Trinajstić information content (AvgIpc) is 3.16. The molecule has 0 atom stereocenters. The van der Waals surface area contributed by atoms with Crippen LogP contribution in [0, 0.1) is 0 Å². The fourth-order valence-corrected chi connectivity index (χ4v) is 2.13. The van der Waals surface area contributed by atoms with Crippen molar-refractivity contribution in [3.8, 4) is 5.75 Å². The number of rotatable bonds is 4. The van der Waals surface area contributed by atoms with E-state index in [0.717, 1.165) is 18.0 Å². The summed E-state index contributed by atoms with van der Waals surface area (Å²) in [5, 5.41) is 3.40. The predicted octanol–water partition coefficient (Wildman–Crippen LogP) is 0.746. The number of nitrogens with zero attached hydrogens (tertiary/aromatic N) is 1. The van der Waals surface area contributed by atoms with E-state index < -0.39 is 0 Å². The van der Waals surface area contributed by atoms with E-state index in [1.54, 1.807) is 17.0 Å². The van der Waals surface area contributed by atoms with E-state index in [-0.39, 0.29) is 12.5 Å². The molecule has 0 bridgehead atoms. The lowest BCUT2D eigenvalue weighted by molar-refractivity contribution is -0.121. The number of carbonyl (C=O) groups is 1. The number of fused-ring (bicyclic) bond motifs is 1. The molecule has 1 heterocycles. The van der Waals surface area contributed by atoms with Gasteiger partial charge in [0.25, 0.3) is 5.91 Å². The molecule has 1 aliphatic carbocycles. The van der Waals surface area contributed by atoms with Crippen molar-refractivity contribution in [3.63, 3.8) is 0 Å². The lowest BCUT2D eigenvalue weighted by Gasteiger charge is -2.29. The second kappa shape index (κ2) is 4.49. The summed E-state index contributed by atoms with van der Waals surface area (Å²) < 4.78 is 5.39. The van der Waals surface area contributed by atoms with Crippen LogP contribution in [0.4, 0.5) is 11.4 Å². The van der Waals surface area contributed by atoms with Gasteiger partial charge in [0.2, 0.25) is 0 Å². The zero-order valence-electron chi connectivity index (χ0n) is 10.2. The maximum Gasteiger partial charge on any atom is 0.265 e. The highest BCUT2D eigenvalue weighted by molar-refractivity contribution is 5.98. The number of anilines is 2. The molecule has 0 saturated heterocycles. The fraction of sp³-hybridized carbons (Fsp3) is 0.462. The van der Waals surface area contributed by atoms with Gasteiger partial charge in [-0.3, -0.25) is 4.79 Å². The van der Waals surface area contributed by atoms with Crippen molar-refractivity contribution in [2.45, 2.75) is 18.9 Å². The molecule has 2 aliphatic rings. The summed E-state index contributed by atoms with van der Waals surface area (Å²) in [6.45, 7) is 1.58. The van der Waals surface area contributed by atoms with Crippen LogP contribution >= 0.6 is 0 Å². The predicted molar refractivity (Wildman–Crippen MR) is 69.7 cm³/mol. The Bertz CT molecular complexity index is 471. The Balaban J connectivity index is 1.74. The number of nitrogens with two attached hydrogens (primary N) is 1. The Morgan fingerprint density at radius 1 is 1.44 bits per heavy atom. The van der Waals surface area contributed by atoms with E-state index in [2.05, 4.69) is 5.32 Å². The van der Waals surface area contributed by atoms with Crippen molar-refractivity contribution in [1.29, 1.82) is 0 Å². The first-order chi connectivity index (χ1) is 8.74. The summed E-state index contributed by atoms with van der Waals surface area (Å²) in [7, 11) is 0. The number of benzene rings is 1. The van der Waals surface area contributed by atoms with Crippen LogP contribution in [0.15, 0.2) is 18.2 Å². The second-order valence-electron chi connectivity index (χ2n) is 4.79. The first-order valence-electron chi connectivity index (χ1n) is 6.30. The molecule has 18 heavy (non-hydrogen) atoms. The Kier molecular flexibility index (Phi) is 2.83. The van der Waals surface area contributed by atoms with E-state index in [1.165, 1.54) is 12.8 Å². The topological polar surface area (TPSA) is 67.6 Å². The fourth-order valence-electron chi connectivity index (χ4n) is 2.13. The quantitative estimate of drug-likeness (QED) is 0.770. The highest BCUT2D eigenvalue weighted by Crippen LogP contribution is 2.33. The van der Waals surface area contributed by atoms with Gasteiger partial charge in [0, 0.05) is 24.8 Å². The lowest BCUT2D eigenvalue weighted by Crippen LogP contribution is -2.42. The summed E-state index contributed by atoms with van der Waals surface area (Å²) in [6, 6.07) is 6.05. The van der Waals surface area contributed by atoms with Gasteiger partial charge in [-0.05, 0) is 31.0 Å². The number of nitrogens with one attached hydrogen (secondary N) is 1. The number of amides is 1. The van der Waals surface area contributed by atoms with E-state index in [1.807, 2.05) is 6.07 Å². The largest absolute Gasteiger partial charge is 0.482 e. The van der Waals surface area contributed by atoms with Crippen LogP contribution in [0.1, 0.15) is 12.8 Å². The van der Waals surface area contributed by atoms with Crippen molar-refractivity contribution < 1.29 is 9.53 Å². The number of carbonyl (C=O) groups excluding carboxylic acids is 1. The zero-order chi connectivity index (χ0) is 12.5. The Morgan fingerprint density at radius 3 is 3.06 bits per heavy atom. The van der Waals surface area contributed by atoms with Crippen molar-refractivity contribution in [1.82, 2.24) is 5.32 Å². The Hall–Kier alpha value is -1.75. The molecule has 0 aromatic heterocycles. The van der Waals surface area contributed by atoms with Crippen LogP contribution in [0.5, 0.6) is 5.75 Å². The SMILES string of the molecule is Nc1ccc2c(c1)N(CCNC1CC1)C(=O)CO2. The Labute approximate surface area is 106 Å². The number of ether oxygens (including phenoxy) is 1. The van der Waals surface area contributed by atoms with Crippen LogP contribution in [0.25, 0.3) is 0 Å². The minimum atomic E-state index is -0.00861. The number of nitrogen functional groups attached to an aromatic ring is 1. The molecule has 0 radical (unpaired) electrons. The maximum absolute atomic E-state index is 11.9. The van der Waals surface area contributed by atoms with Crippen molar-refractivity contribution >= 4 is 17.3 Å². The Morgan fingerprint density at radius 2 is 2.28 bits per heavy atom. The van der Waals surface area contributed by atoms with Gasteiger partial charge in [0.15, 0.2) is 6.61 Å². The average molecular weight is 247 g/mol. The van der Waals surface area contributed by atoms with E-state index in [4.69, 9.17) is 10.5 Å². The van der Waals surface area contributed by atoms with E-state index in [0.29, 0.717) is 18.3 Å². The van der Waals surface area contributed by atoms with Crippen molar-refractivity contribution in [2.75, 3.05) is 30.3 Å². The number of hydrogen-bond donors (Lipinski definition) is 2. The molecule has 1 aromatic rings. The summed E-state index contributed by atoms with van der Waals surface area (Å²) >= 11 is 0. The van der Waals surface area contributed by atoms with Crippen molar-refractivity contribution in [2.24, 2.45) is 0 Å². The molecule has 5 heteroatoms. The minimum Gasteiger partial charge on any atom is -0.482 e. The van der Waals surface area contributed by atoms with Gasteiger partial charge in [-0.25, -0.2) is 0 Å². The molecule has 3 rings (SSSR count). The third-order valence-corrected chi connectivity index (χ3v) is 3.27. The molecule has 3 N–H and O–H groups in total. The van der Waals surface area contributed by atoms with Crippen LogP contribution in [0.3, 0.4) is 0 Å². The molecule has 0 spiro atoms. The minimum absolute atomic E-state index is 0.00861. The standard InChI is InChI=1S/C13H17N3O2/c14-9-1-4-12-11(7-9)16(13(17)8-18-12)6-5-15-10-2-3-10/h1,4,7,10,15H,2-3,5-6,8,14H2. The maximum atomic E-state index is 11.9. The first kappa shape index (κ1) is 11.3. The molecule has 1 saturated carbocycles. The summed E-state index contributed by atoms with van der Waals surface area (Å²) in [5.74, 6) is 0.723. The van der Waals surface area contributed by atoms with Crippen LogP contribution in [-0.2, 0) is 4.79 Å². The summed E-state index contributed by atoms with van der Waals surface area (Å²) in [4.78, 5) is 13.6. The zero-order valence-corrected chi connectivity index (χ0v) is 10.2. The molecule has 5 nitrogen and oxygen atoms in total. The van der Waals surface area contributed by atoms with Gasteiger partial charge < -0.3 is 20.7 Å². The van der Waals surface area contributed by atoms with Gasteiger partial charge in [-0.1, -0.05) is 0 Å². The van der Waals surface area contributed by atoms with Gasteiger partial charge in [0.1, 0.15) is 5.75 Å². The van der Waals surface area contributed by atoms with Crippen molar-refractivity contribution in [3.05, 3.63) is 18.2 Å². The van der Waals surface area contributed by atoms with E-state index >= 15 is 0 Å². The van der Waals surface area contributed by atoms with Gasteiger partial charge >= 0.3 is 0 Å². The molecule has 1 fully saturated rings.